The number of carbonyl (C=O) groups excluding carboxylic acids is 6. The predicted octanol–water partition coefficient (Wildman–Crippen LogP) is 0.514. The summed E-state index contributed by atoms with van der Waals surface area (Å²) in [5.41, 5.74) is 0. The zero-order chi connectivity index (χ0) is 26.8. The molecule has 2 saturated heterocycles. The van der Waals surface area contributed by atoms with Gasteiger partial charge in [0.2, 0.25) is 0 Å². The molecule has 0 radical (unpaired) electrons. The Morgan fingerprint density at radius 2 is 1.08 bits per heavy atom. The van der Waals surface area contributed by atoms with Crippen LogP contribution >= 0.6 is 0 Å². The number of carbonyl (C=O) groups is 6. The molecule has 2 aliphatic rings. The number of nitrogens with zero attached hydrogens (tertiary/aromatic N) is 2. The average molecular weight is 511 g/mol. The second kappa shape index (κ2) is 13.6. The van der Waals surface area contributed by atoms with Gasteiger partial charge in [0.25, 0.3) is 11.8 Å². The molecule has 0 unspecified atom stereocenters. The molecule has 2 fully saturated rings. The number of esters is 4. The van der Waals surface area contributed by atoms with Crippen LogP contribution in [0.2, 0.25) is 0 Å². The van der Waals surface area contributed by atoms with Crippen molar-refractivity contribution in [1.29, 1.82) is 0 Å². The summed E-state index contributed by atoms with van der Waals surface area (Å²) in [5.74, 6) is -4.04. The molecule has 12 heteroatoms. The Kier molecular flexibility index (Phi) is 10.9. The number of likely N-dealkylation sites (tertiary alicyclic amines) is 2. The van der Waals surface area contributed by atoms with Crippen LogP contribution < -0.4 is 0 Å². The first-order chi connectivity index (χ1) is 17.1. The van der Waals surface area contributed by atoms with Gasteiger partial charge in [-0.25, -0.2) is 19.2 Å². The molecule has 4 atom stereocenters. The van der Waals surface area contributed by atoms with E-state index >= 15 is 0 Å². The summed E-state index contributed by atoms with van der Waals surface area (Å²) < 4.78 is 20.1. The third-order valence-electron chi connectivity index (χ3n) is 5.83. The molecule has 12 nitrogen and oxygen atoms in total. The van der Waals surface area contributed by atoms with Gasteiger partial charge in [-0.1, -0.05) is 0 Å². The lowest BCUT2D eigenvalue weighted by Crippen LogP contribution is -2.46. The maximum absolute atomic E-state index is 12.6. The molecular weight excluding hydrogens is 476 g/mol. The van der Waals surface area contributed by atoms with Crippen molar-refractivity contribution in [3.8, 4) is 0 Å². The molecule has 2 rings (SSSR count). The van der Waals surface area contributed by atoms with Gasteiger partial charge in [-0.3, -0.25) is 9.59 Å². The summed E-state index contributed by atoms with van der Waals surface area (Å²) in [6, 6.07) is -1.44. The van der Waals surface area contributed by atoms with Crippen LogP contribution in [0.15, 0.2) is 12.2 Å². The van der Waals surface area contributed by atoms with Crippen molar-refractivity contribution in [3.63, 3.8) is 0 Å². The summed E-state index contributed by atoms with van der Waals surface area (Å²) in [6.45, 7) is 7.13. The van der Waals surface area contributed by atoms with Crippen molar-refractivity contribution in [2.24, 2.45) is 0 Å². The van der Waals surface area contributed by atoms with Gasteiger partial charge < -0.3 is 28.7 Å². The molecule has 2 aliphatic heterocycles. The average Bonchev–Trinajstić information content (AvgIpc) is 3.52. The molecule has 0 aliphatic carbocycles. The van der Waals surface area contributed by atoms with Crippen molar-refractivity contribution >= 4 is 35.7 Å². The molecule has 200 valence electrons. The minimum absolute atomic E-state index is 0.191. The molecule has 2 amide bonds. The van der Waals surface area contributed by atoms with E-state index in [9.17, 15) is 28.8 Å². The fourth-order valence-electron chi connectivity index (χ4n) is 4.16. The van der Waals surface area contributed by atoms with E-state index in [1.165, 1.54) is 23.6 Å². The Bertz CT molecular complexity index is 816. The van der Waals surface area contributed by atoms with Crippen LogP contribution in [-0.4, -0.2) is 96.1 Å². The molecule has 0 N–H and O–H groups in total. The lowest BCUT2D eigenvalue weighted by molar-refractivity contribution is -0.161. The molecule has 0 bridgehead atoms. The Balaban J connectivity index is 1.85. The summed E-state index contributed by atoms with van der Waals surface area (Å²) in [5, 5.41) is 0. The zero-order valence-corrected chi connectivity index (χ0v) is 21.1. The van der Waals surface area contributed by atoms with Crippen molar-refractivity contribution < 1.29 is 47.7 Å². The van der Waals surface area contributed by atoms with E-state index in [1.54, 1.807) is 13.8 Å². The number of rotatable bonds is 10. The first kappa shape index (κ1) is 28.8. The van der Waals surface area contributed by atoms with E-state index in [0.29, 0.717) is 38.8 Å². The first-order valence-electron chi connectivity index (χ1n) is 12.1. The minimum Gasteiger partial charge on any atom is -0.464 e. The van der Waals surface area contributed by atoms with Gasteiger partial charge in [0.05, 0.1) is 13.2 Å². The van der Waals surface area contributed by atoms with Crippen LogP contribution in [0.25, 0.3) is 0 Å². The van der Waals surface area contributed by atoms with E-state index in [2.05, 4.69) is 0 Å². The Morgan fingerprint density at radius 1 is 0.722 bits per heavy atom. The lowest BCUT2D eigenvalue weighted by Gasteiger charge is -2.25. The molecule has 0 aromatic rings. The topological polar surface area (TPSA) is 146 Å². The van der Waals surface area contributed by atoms with Crippen LogP contribution in [0.3, 0.4) is 0 Å². The molecule has 0 aromatic heterocycles. The van der Waals surface area contributed by atoms with Crippen LogP contribution in [0, 0.1) is 0 Å². The molecule has 0 spiro atoms. The Morgan fingerprint density at radius 3 is 1.42 bits per heavy atom. The molecule has 0 aromatic carbocycles. The molecular formula is C24H34N2O10. The van der Waals surface area contributed by atoms with Gasteiger partial charge in [0.15, 0.2) is 12.2 Å². The van der Waals surface area contributed by atoms with Crippen molar-refractivity contribution in [3.05, 3.63) is 12.2 Å². The zero-order valence-electron chi connectivity index (χ0n) is 21.1. The Hall–Kier alpha value is -3.44. The maximum atomic E-state index is 12.6. The number of amides is 2. The van der Waals surface area contributed by atoms with Crippen LogP contribution in [0.5, 0.6) is 0 Å². The third-order valence-corrected chi connectivity index (χ3v) is 5.83. The van der Waals surface area contributed by atoms with Gasteiger partial charge in [-0.15, -0.1) is 0 Å². The standard InChI is InChI=1S/C24H34N2O10/c1-5-33-23(31)17-9-7-13-25(17)21(29)15(3)35-19(27)11-12-20(28)36-16(4)22(30)26-14-8-10-18(26)24(32)34-6-2/h11-12,15-18H,5-10,13-14H2,1-4H3/b12-11+/t15-,16-,17-,18-/m0/s1. The quantitative estimate of drug-likeness (QED) is 0.231. The van der Waals surface area contributed by atoms with Crippen LogP contribution in [0.1, 0.15) is 53.4 Å². The SMILES string of the molecule is CCOC(=O)[C@@H]1CCCN1C(=O)[C@H](C)OC(=O)/C=C/C(=O)O[C@@H](C)C(=O)N1CCC[C@H]1C(=O)OCC. The van der Waals surface area contributed by atoms with Gasteiger partial charge in [0, 0.05) is 25.2 Å². The second-order valence-electron chi connectivity index (χ2n) is 8.37. The third kappa shape index (κ3) is 7.53. The van der Waals surface area contributed by atoms with Crippen LogP contribution in [-0.2, 0) is 47.7 Å². The normalized spacial score (nSPS) is 21.1. The van der Waals surface area contributed by atoms with Crippen molar-refractivity contribution in [2.45, 2.75) is 77.7 Å². The number of hydrogen-bond donors (Lipinski definition) is 0. The van der Waals surface area contributed by atoms with Crippen molar-refractivity contribution in [2.75, 3.05) is 26.3 Å². The summed E-state index contributed by atoms with van der Waals surface area (Å²) in [7, 11) is 0. The van der Waals surface area contributed by atoms with E-state index < -0.39 is 60.0 Å². The fraction of sp³-hybridized carbons (Fsp3) is 0.667. The highest BCUT2D eigenvalue weighted by Crippen LogP contribution is 2.21. The highest BCUT2D eigenvalue weighted by molar-refractivity contribution is 5.95. The van der Waals surface area contributed by atoms with E-state index in [0.717, 1.165) is 12.2 Å². The van der Waals surface area contributed by atoms with E-state index in [1.807, 2.05) is 0 Å². The van der Waals surface area contributed by atoms with E-state index in [4.69, 9.17) is 18.9 Å². The van der Waals surface area contributed by atoms with Gasteiger partial charge >= 0.3 is 23.9 Å². The van der Waals surface area contributed by atoms with Crippen molar-refractivity contribution in [1.82, 2.24) is 9.80 Å². The number of hydrogen-bond acceptors (Lipinski definition) is 10. The largest absolute Gasteiger partial charge is 0.464 e. The van der Waals surface area contributed by atoms with Gasteiger partial charge in [-0.2, -0.15) is 0 Å². The van der Waals surface area contributed by atoms with Gasteiger partial charge in [-0.05, 0) is 53.4 Å². The second-order valence-corrected chi connectivity index (χ2v) is 8.37. The predicted molar refractivity (Wildman–Crippen MR) is 123 cm³/mol. The summed E-state index contributed by atoms with van der Waals surface area (Å²) in [6.07, 6.45) is 1.36. The molecule has 2 heterocycles. The summed E-state index contributed by atoms with van der Waals surface area (Å²) >= 11 is 0. The highest BCUT2D eigenvalue weighted by Gasteiger charge is 2.39. The Labute approximate surface area is 209 Å². The highest BCUT2D eigenvalue weighted by atomic mass is 16.6. The monoisotopic (exact) mass is 510 g/mol. The smallest absolute Gasteiger partial charge is 0.331 e. The molecule has 0 saturated carbocycles. The maximum Gasteiger partial charge on any atom is 0.331 e. The first-order valence-corrected chi connectivity index (χ1v) is 12.1. The number of ether oxygens (including phenoxy) is 4. The van der Waals surface area contributed by atoms with Crippen LogP contribution in [0.4, 0.5) is 0 Å². The lowest BCUT2D eigenvalue weighted by atomic mass is 10.2. The molecule has 36 heavy (non-hydrogen) atoms. The van der Waals surface area contributed by atoms with Gasteiger partial charge in [0.1, 0.15) is 12.1 Å². The van der Waals surface area contributed by atoms with E-state index in [-0.39, 0.29) is 13.2 Å². The fourth-order valence-corrected chi connectivity index (χ4v) is 4.16. The minimum atomic E-state index is -1.19. The summed E-state index contributed by atoms with van der Waals surface area (Å²) in [4.78, 5) is 76.2.